The summed E-state index contributed by atoms with van der Waals surface area (Å²) < 4.78 is 5.04. The fraction of sp³-hybridized carbons (Fsp3) is 0. The molecule has 0 N–H and O–H groups in total. The minimum atomic E-state index is 1.08. The first-order valence-electron chi connectivity index (χ1n) is 20.8. The highest BCUT2D eigenvalue weighted by Gasteiger charge is 2.24. The van der Waals surface area contributed by atoms with Crippen LogP contribution in [0.2, 0.25) is 0 Å². The maximum atomic E-state index is 2.47. The summed E-state index contributed by atoms with van der Waals surface area (Å²) in [5.41, 5.74) is 14.0. The first-order valence-corrected chi connectivity index (χ1v) is 21.7. The molecular weight excluding hydrogens is 757 g/mol. The van der Waals surface area contributed by atoms with E-state index >= 15 is 0 Å². The van der Waals surface area contributed by atoms with Gasteiger partial charge in [0.2, 0.25) is 0 Å². The van der Waals surface area contributed by atoms with Gasteiger partial charge < -0.3 is 9.47 Å². The summed E-state index contributed by atoms with van der Waals surface area (Å²) in [6, 6.07) is 84.2. The molecule has 0 radical (unpaired) electrons. The fourth-order valence-electron chi connectivity index (χ4n) is 9.41. The van der Waals surface area contributed by atoms with Crippen LogP contribution in [-0.4, -0.2) is 4.57 Å². The summed E-state index contributed by atoms with van der Waals surface area (Å²) in [6.45, 7) is 0. The van der Waals surface area contributed by atoms with E-state index in [1.165, 1.54) is 86.1 Å². The van der Waals surface area contributed by atoms with Crippen LogP contribution in [0, 0.1) is 0 Å². The summed E-state index contributed by atoms with van der Waals surface area (Å²) in [6.07, 6.45) is 0. The molecule has 2 nitrogen and oxygen atoms in total. The van der Waals surface area contributed by atoms with Gasteiger partial charge in [0.1, 0.15) is 0 Å². The maximum Gasteiger partial charge on any atom is 0.0702 e. The highest BCUT2D eigenvalue weighted by Crippen LogP contribution is 2.48. The molecule has 12 aromatic rings. The normalized spacial score (nSPS) is 11.6. The number of rotatable bonds is 7. The average Bonchev–Trinajstić information content (AvgIpc) is 3.88. The van der Waals surface area contributed by atoms with Crippen molar-refractivity contribution in [2.24, 2.45) is 0 Å². The molecule has 0 atom stereocenters. The lowest BCUT2D eigenvalue weighted by Gasteiger charge is -2.30. The molecule has 0 aliphatic heterocycles. The molecule has 12 rings (SSSR count). The second kappa shape index (κ2) is 14.5. The van der Waals surface area contributed by atoms with Gasteiger partial charge in [0, 0.05) is 47.8 Å². The van der Waals surface area contributed by atoms with Gasteiger partial charge in [-0.3, -0.25) is 0 Å². The van der Waals surface area contributed by atoms with Crippen molar-refractivity contribution >= 4 is 81.1 Å². The highest BCUT2D eigenvalue weighted by atomic mass is 32.1. The van der Waals surface area contributed by atoms with Crippen molar-refractivity contribution in [3.63, 3.8) is 0 Å². The summed E-state index contributed by atoms with van der Waals surface area (Å²) in [4.78, 5) is 2.47. The third-order valence-electron chi connectivity index (χ3n) is 12.2. The number of thiophene rings is 1. The zero-order valence-corrected chi connectivity index (χ0v) is 34.1. The van der Waals surface area contributed by atoms with Crippen molar-refractivity contribution in [1.29, 1.82) is 0 Å². The fourth-order valence-corrected chi connectivity index (χ4v) is 10.6. The molecule has 0 aliphatic carbocycles. The van der Waals surface area contributed by atoms with Crippen LogP contribution in [0.5, 0.6) is 0 Å². The van der Waals surface area contributed by atoms with E-state index < -0.39 is 0 Å². The van der Waals surface area contributed by atoms with Crippen LogP contribution < -0.4 is 4.90 Å². The third-order valence-corrected chi connectivity index (χ3v) is 13.4. The van der Waals surface area contributed by atoms with Gasteiger partial charge in [0.05, 0.1) is 28.1 Å². The molecular formula is C58H38N2S. The van der Waals surface area contributed by atoms with E-state index in [4.69, 9.17) is 0 Å². The van der Waals surface area contributed by atoms with Crippen molar-refractivity contribution in [2.75, 3.05) is 4.90 Å². The van der Waals surface area contributed by atoms with Gasteiger partial charge in [0.15, 0.2) is 0 Å². The van der Waals surface area contributed by atoms with Crippen molar-refractivity contribution in [1.82, 2.24) is 4.57 Å². The molecule has 3 heteroatoms. The first kappa shape index (κ1) is 35.2. The van der Waals surface area contributed by atoms with Crippen LogP contribution in [0.15, 0.2) is 231 Å². The molecule has 0 bridgehead atoms. The summed E-state index contributed by atoms with van der Waals surface area (Å²) in [7, 11) is 0. The van der Waals surface area contributed by atoms with Gasteiger partial charge in [0.25, 0.3) is 0 Å². The Morgan fingerprint density at radius 2 is 0.836 bits per heavy atom. The van der Waals surface area contributed by atoms with Crippen LogP contribution in [0.25, 0.3) is 91.8 Å². The van der Waals surface area contributed by atoms with Gasteiger partial charge in [-0.2, -0.15) is 0 Å². The Morgan fingerprint density at radius 1 is 0.328 bits per heavy atom. The predicted octanol–water partition coefficient (Wildman–Crippen LogP) is 16.8. The van der Waals surface area contributed by atoms with Gasteiger partial charge >= 0.3 is 0 Å². The van der Waals surface area contributed by atoms with Gasteiger partial charge in [-0.1, -0.05) is 182 Å². The molecule has 10 aromatic carbocycles. The molecule has 0 saturated carbocycles. The van der Waals surface area contributed by atoms with Crippen LogP contribution >= 0.6 is 11.3 Å². The van der Waals surface area contributed by atoms with E-state index in [-0.39, 0.29) is 0 Å². The number of anilines is 3. The van der Waals surface area contributed by atoms with Crippen molar-refractivity contribution < 1.29 is 0 Å². The van der Waals surface area contributed by atoms with E-state index in [2.05, 4.69) is 240 Å². The molecule has 2 aromatic heterocycles. The average molecular weight is 795 g/mol. The van der Waals surface area contributed by atoms with Crippen LogP contribution in [-0.2, 0) is 0 Å². The highest BCUT2D eigenvalue weighted by molar-refractivity contribution is 7.26. The molecule has 0 unspecified atom stereocenters. The lowest BCUT2D eigenvalue weighted by molar-refractivity contribution is 1.15. The van der Waals surface area contributed by atoms with E-state index in [1.54, 1.807) is 0 Å². The van der Waals surface area contributed by atoms with Crippen molar-refractivity contribution in [2.45, 2.75) is 0 Å². The summed E-state index contributed by atoms with van der Waals surface area (Å²) in [5.74, 6) is 0. The molecule has 0 amide bonds. The number of nitrogens with zero attached hydrogens (tertiary/aromatic N) is 2. The number of aromatic nitrogens is 1. The lowest BCUT2D eigenvalue weighted by Crippen LogP contribution is -2.14. The third kappa shape index (κ3) is 5.85. The largest absolute Gasteiger partial charge is 0.308 e. The Kier molecular flexibility index (Phi) is 8.39. The number of hydrogen-bond donors (Lipinski definition) is 0. The molecule has 0 aliphatic rings. The molecule has 0 spiro atoms. The molecule has 2 heterocycles. The Balaban J connectivity index is 1.04. The van der Waals surface area contributed by atoms with Crippen molar-refractivity contribution in [3.05, 3.63) is 231 Å². The SMILES string of the molecule is c1ccc(N(c2ccc(-c3ccc(-c4cccc5ccccc45)cc3)cc2)c2ccccc2-n2c3ccccc3c3ccccc32)c(-c2cccc3c2sc2ccccc23)c1. The smallest absolute Gasteiger partial charge is 0.0702 e. The Labute approximate surface area is 358 Å². The zero-order valence-electron chi connectivity index (χ0n) is 33.2. The van der Waals surface area contributed by atoms with Crippen LogP contribution in [0.4, 0.5) is 17.1 Å². The first-order chi connectivity index (χ1) is 30.3. The monoisotopic (exact) mass is 794 g/mol. The van der Waals surface area contributed by atoms with Gasteiger partial charge in [-0.25, -0.2) is 0 Å². The summed E-state index contributed by atoms with van der Waals surface area (Å²) >= 11 is 1.88. The number of benzene rings is 10. The second-order valence-corrected chi connectivity index (χ2v) is 16.7. The van der Waals surface area contributed by atoms with Gasteiger partial charge in [-0.05, 0) is 81.6 Å². The minimum Gasteiger partial charge on any atom is -0.308 e. The Morgan fingerprint density at radius 3 is 1.61 bits per heavy atom. The lowest BCUT2D eigenvalue weighted by atomic mass is 9.96. The van der Waals surface area contributed by atoms with Gasteiger partial charge in [-0.15, -0.1) is 11.3 Å². The predicted molar refractivity (Wildman–Crippen MR) is 262 cm³/mol. The Hall–Kier alpha value is -7.72. The van der Waals surface area contributed by atoms with E-state index in [1.807, 2.05) is 11.3 Å². The maximum absolute atomic E-state index is 2.47. The van der Waals surface area contributed by atoms with Crippen molar-refractivity contribution in [3.8, 4) is 39.1 Å². The molecule has 286 valence electrons. The second-order valence-electron chi connectivity index (χ2n) is 15.6. The molecule has 0 saturated heterocycles. The number of fused-ring (bicyclic) bond motifs is 7. The number of para-hydroxylation sites is 5. The van der Waals surface area contributed by atoms with E-state index in [9.17, 15) is 0 Å². The van der Waals surface area contributed by atoms with E-state index in [0.717, 1.165) is 22.7 Å². The zero-order chi connectivity index (χ0) is 40.3. The molecule has 0 fully saturated rings. The van der Waals surface area contributed by atoms with E-state index in [0.29, 0.717) is 0 Å². The number of hydrogen-bond acceptors (Lipinski definition) is 2. The van der Waals surface area contributed by atoms with Crippen LogP contribution in [0.1, 0.15) is 0 Å². The molecule has 61 heavy (non-hydrogen) atoms. The standard InChI is InChI=1S/C58H38N2S/c1-2-17-44-41(15-1)16-13-22-45(44)42-33-31-39(32-34-42)40-35-37-43(38-36-40)59(52-25-7-5-20-48(52)50-23-14-24-51-49-21-6-12-30-57(49)61-58(50)51)55-28-10-11-29-56(55)60-53-26-8-3-18-46(53)47-19-4-9-27-54(47)60/h1-38H. The quantitative estimate of drug-likeness (QED) is 0.156. The topological polar surface area (TPSA) is 8.17 Å². The summed E-state index contributed by atoms with van der Waals surface area (Å²) in [5, 5.41) is 7.61. The van der Waals surface area contributed by atoms with Crippen LogP contribution in [0.3, 0.4) is 0 Å². The minimum absolute atomic E-state index is 1.08. The Bertz CT molecular complexity index is 3530.